The van der Waals surface area contributed by atoms with Gasteiger partial charge in [0.15, 0.2) is 0 Å². The molecule has 1 amide bonds. The van der Waals surface area contributed by atoms with Gasteiger partial charge in [-0.2, -0.15) is 15.5 Å². The summed E-state index contributed by atoms with van der Waals surface area (Å²) >= 11 is 0. The SMILES string of the molecule is CCCNC(C)C(=O)N1CCN(c2ccc(-c3nc(-c4cnn(C)c4)cn4ncc(C#N)c34)cn2)CC1. The van der Waals surface area contributed by atoms with E-state index in [0.717, 1.165) is 43.0 Å². The van der Waals surface area contributed by atoms with Gasteiger partial charge in [-0.3, -0.25) is 9.48 Å². The van der Waals surface area contributed by atoms with Crippen LogP contribution in [-0.2, 0) is 11.8 Å². The number of nitrogens with one attached hydrogen (secondary N) is 1. The molecule has 0 spiro atoms. The Kier molecular flexibility index (Phi) is 6.83. The molecular formula is C26H30N10O. The first-order chi connectivity index (χ1) is 18.0. The zero-order valence-electron chi connectivity index (χ0n) is 21.3. The van der Waals surface area contributed by atoms with Crippen LogP contribution in [0.2, 0.25) is 0 Å². The predicted molar refractivity (Wildman–Crippen MR) is 140 cm³/mol. The average molecular weight is 499 g/mol. The Morgan fingerprint density at radius 3 is 2.57 bits per heavy atom. The van der Waals surface area contributed by atoms with E-state index in [9.17, 15) is 10.1 Å². The first kappa shape index (κ1) is 24.4. The van der Waals surface area contributed by atoms with Gasteiger partial charge in [-0.15, -0.1) is 0 Å². The highest BCUT2D eigenvalue weighted by molar-refractivity contribution is 5.83. The second-order valence-corrected chi connectivity index (χ2v) is 9.23. The Morgan fingerprint density at radius 1 is 1.11 bits per heavy atom. The van der Waals surface area contributed by atoms with Crippen molar-refractivity contribution in [3.05, 3.63) is 48.7 Å². The fourth-order valence-corrected chi connectivity index (χ4v) is 4.58. The lowest BCUT2D eigenvalue weighted by molar-refractivity contribution is -0.133. The van der Waals surface area contributed by atoms with Crippen LogP contribution in [0.1, 0.15) is 25.8 Å². The van der Waals surface area contributed by atoms with Crippen LogP contribution in [0.5, 0.6) is 0 Å². The van der Waals surface area contributed by atoms with Gasteiger partial charge in [-0.25, -0.2) is 14.5 Å². The second kappa shape index (κ2) is 10.4. The largest absolute Gasteiger partial charge is 0.353 e. The van der Waals surface area contributed by atoms with Crippen LogP contribution in [0.15, 0.2) is 43.1 Å². The van der Waals surface area contributed by atoms with Crippen LogP contribution in [0.25, 0.3) is 28.0 Å². The van der Waals surface area contributed by atoms with Crippen molar-refractivity contribution < 1.29 is 4.79 Å². The number of anilines is 1. The first-order valence-corrected chi connectivity index (χ1v) is 12.5. The highest BCUT2D eigenvalue weighted by Gasteiger charge is 2.25. The zero-order chi connectivity index (χ0) is 25.9. The molecule has 1 fully saturated rings. The lowest BCUT2D eigenvalue weighted by atomic mass is 10.1. The number of nitriles is 1. The van der Waals surface area contributed by atoms with Gasteiger partial charge in [0.1, 0.15) is 23.0 Å². The summed E-state index contributed by atoms with van der Waals surface area (Å²) in [6.07, 6.45) is 9.78. The zero-order valence-corrected chi connectivity index (χ0v) is 21.3. The summed E-state index contributed by atoms with van der Waals surface area (Å²) in [6.45, 7) is 7.63. The van der Waals surface area contributed by atoms with Gasteiger partial charge in [0, 0.05) is 56.7 Å². The summed E-state index contributed by atoms with van der Waals surface area (Å²) in [5, 5.41) is 21.5. The average Bonchev–Trinajstić information content (AvgIpc) is 3.57. The van der Waals surface area contributed by atoms with E-state index >= 15 is 0 Å². The minimum Gasteiger partial charge on any atom is -0.353 e. The number of carbonyl (C=O) groups is 1. The maximum absolute atomic E-state index is 12.7. The van der Waals surface area contributed by atoms with Crippen molar-refractivity contribution in [1.82, 2.24) is 39.6 Å². The van der Waals surface area contributed by atoms with E-state index in [0.29, 0.717) is 35.6 Å². The van der Waals surface area contributed by atoms with Crippen LogP contribution >= 0.6 is 0 Å². The van der Waals surface area contributed by atoms with Crippen molar-refractivity contribution in [2.24, 2.45) is 7.05 Å². The Labute approximate surface area is 215 Å². The molecule has 1 saturated heterocycles. The molecule has 0 aliphatic carbocycles. The summed E-state index contributed by atoms with van der Waals surface area (Å²) in [5.41, 5.74) is 4.08. The lowest BCUT2D eigenvalue weighted by Gasteiger charge is -2.36. The third kappa shape index (κ3) is 4.88. The molecule has 4 aromatic heterocycles. The number of rotatable bonds is 7. The topological polar surface area (TPSA) is 120 Å². The summed E-state index contributed by atoms with van der Waals surface area (Å²) < 4.78 is 3.40. The molecule has 0 aromatic carbocycles. The molecule has 4 aromatic rings. The van der Waals surface area contributed by atoms with Crippen molar-refractivity contribution in [2.75, 3.05) is 37.6 Å². The number of aryl methyl sites for hydroxylation is 1. The molecule has 11 nitrogen and oxygen atoms in total. The first-order valence-electron chi connectivity index (χ1n) is 12.5. The smallest absolute Gasteiger partial charge is 0.239 e. The van der Waals surface area contributed by atoms with Crippen LogP contribution in [0.4, 0.5) is 5.82 Å². The number of piperazine rings is 1. The van der Waals surface area contributed by atoms with Gasteiger partial charge in [0.25, 0.3) is 0 Å². The molecule has 37 heavy (non-hydrogen) atoms. The van der Waals surface area contributed by atoms with E-state index in [-0.39, 0.29) is 11.9 Å². The summed E-state index contributed by atoms with van der Waals surface area (Å²) in [4.78, 5) is 26.4. The van der Waals surface area contributed by atoms with Crippen molar-refractivity contribution >= 4 is 17.2 Å². The Bertz CT molecular complexity index is 1440. The summed E-state index contributed by atoms with van der Waals surface area (Å²) in [5.74, 6) is 0.996. The van der Waals surface area contributed by atoms with Gasteiger partial charge in [-0.05, 0) is 32.0 Å². The Morgan fingerprint density at radius 2 is 1.92 bits per heavy atom. The molecule has 1 aliphatic rings. The highest BCUT2D eigenvalue weighted by Crippen LogP contribution is 2.29. The fraction of sp³-hybridized carbons (Fsp3) is 0.385. The minimum atomic E-state index is -0.169. The molecule has 0 saturated carbocycles. The van der Waals surface area contributed by atoms with Gasteiger partial charge < -0.3 is 15.1 Å². The quantitative estimate of drug-likeness (QED) is 0.411. The van der Waals surface area contributed by atoms with E-state index in [2.05, 4.69) is 33.4 Å². The molecule has 190 valence electrons. The minimum absolute atomic E-state index is 0.147. The second-order valence-electron chi connectivity index (χ2n) is 9.23. The number of carbonyl (C=O) groups excluding carboxylic acids is 1. The summed E-state index contributed by atoms with van der Waals surface area (Å²) in [7, 11) is 1.85. The molecule has 0 bridgehead atoms. The molecule has 1 aliphatic heterocycles. The van der Waals surface area contributed by atoms with E-state index < -0.39 is 0 Å². The van der Waals surface area contributed by atoms with Crippen molar-refractivity contribution in [1.29, 1.82) is 5.26 Å². The molecule has 1 unspecified atom stereocenters. The number of amides is 1. The number of pyridine rings is 1. The predicted octanol–water partition coefficient (Wildman–Crippen LogP) is 2.10. The molecule has 1 N–H and O–H groups in total. The molecule has 11 heteroatoms. The molecule has 1 atom stereocenters. The summed E-state index contributed by atoms with van der Waals surface area (Å²) in [6, 6.07) is 5.98. The molecule has 5 heterocycles. The third-order valence-corrected chi connectivity index (χ3v) is 6.63. The number of fused-ring (bicyclic) bond motifs is 1. The third-order valence-electron chi connectivity index (χ3n) is 6.63. The number of hydrogen-bond donors (Lipinski definition) is 1. The van der Waals surface area contributed by atoms with Crippen molar-refractivity contribution in [3.63, 3.8) is 0 Å². The Hall–Kier alpha value is -4.30. The van der Waals surface area contributed by atoms with Crippen LogP contribution in [0.3, 0.4) is 0 Å². The van der Waals surface area contributed by atoms with Crippen LogP contribution in [-0.4, -0.2) is 78.9 Å². The van der Waals surface area contributed by atoms with Crippen LogP contribution < -0.4 is 10.2 Å². The van der Waals surface area contributed by atoms with E-state index in [1.165, 1.54) is 0 Å². The van der Waals surface area contributed by atoms with Crippen LogP contribution in [0, 0.1) is 11.3 Å². The monoisotopic (exact) mass is 498 g/mol. The van der Waals surface area contributed by atoms with Gasteiger partial charge >= 0.3 is 0 Å². The van der Waals surface area contributed by atoms with Crippen molar-refractivity contribution in [2.45, 2.75) is 26.3 Å². The Balaban J connectivity index is 1.37. The van der Waals surface area contributed by atoms with E-state index in [1.807, 2.05) is 37.2 Å². The van der Waals surface area contributed by atoms with E-state index in [4.69, 9.17) is 9.97 Å². The van der Waals surface area contributed by atoms with Gasteiger partial charge in [0.05, 0.1) is 36.0 Å². The lowest BCUT2D eigenvalue weighted by Crippen LogP contribution is -2.53. The number of aromatic nitrogens is 6. The fourth-order valence-electron chi connectivity index (χ4n) is 4.58. The van der Waals surface area contributed by atoms with Crippen molar-refractivity contribution in [3.8, 4) is 28.6 Å². The molecule has 5 rings (SSSR count). The molecular weight excluding hydrogens is 468 g/mol. The maximum Gasteiger partial charge on any atom is 0.239 e. The number of nitrogens with zero attached hydrogens (tertiary/aromatic N) is 9. The normalized spacial score (nSPS) is 14.6. The van der Waals surface area contributed by atoms with E-state index in [1.54, 1.807) is 34.0 Å². The van der Waals surface area contributed by atoms with Gasteiger partial charge in [-0.1, -0.05) is 6.92 Å². The van der Waals surface area contributed by atoms with Gasteiger partial charge in [0.2, 0.25) is 5.91 Å². The number of hydrogen-bond acceptors (Lipinski definition) is 8. The standard InChI is InChI=1S/C26H30N10O/c1-4-7-28-18(2)26(37)35-10-8-34(9-11-35)23-6-5-19(13-29-23)24-25-20(12-27)14-31-36(25)17-22(32-24)21-15-30-33(3)16-21/h5-6,13-18,28H,4,7-11H2,1-3H3. The molecule has 0 radical (unpaired) electrons. The highest BCUT2D eigenvalue weighted by atomic mass is 16.2. The maximum atomic E-state index is 12.7.